The monoisotopic (exact) mass is 272 g/mol. The molecule has 0 unspecified atom stereocenters. The van der Waals surface area contributed by atoms with Crippen LogP contribution in [0.3, 0.4) is 0 Å². The van der Waals surface area contributed by atoms with Crippen molar-refractivity contribution in [3.05, 3.63) is 46.8 Å². The fourth-order valence-corrected chi connectivity index (χ4v) is 2.10. The molecule has 0 fully saturated rings. The topological polar surface area (TPSA) is 75.3 Å². The first-order valence-corrected chi connectivity index (χ1v) is 6.38. The van der Waals surface area contributed by atoms with Crippen LogP contribution in [0.15, 0.2) is 35.7 Å². The molecule has 1 aromatic carbocycles. The van der Waals surface area contributed by atoms with Gasteiger partial charge in [-0.1, -0.05) is 24.3 Å². The van der Waals surface area contributed by atoms with Gasteiger partial charge in [0, 0.05) is 24.1 Å². The molecule has 1 aliphatic rings. The highest BCUT2D eigenvalue weighted by Gasteiger charge is 2.32. The third kappa shape index (κ3) is 2.47. The van der Waals surface area contributed by atoms with E-state index in [1.54, 1.807) is 24.3 Å². The number of amides is 1. The summed E-state index contributed by atoms with van der Waals surface area (Å²) in [6.07, 6.45) is 0. The van der Waals surface area contributed by atoms with Crippen molar-refractivity contribution in [2.75, 3.05) is 0 Å². The molecule has 0 saturated heterocycles. The lowest BCUT2D eigenvalue weighted by Gasteiger charge is -2.23. The summed E-state index contributed by atoms with van der Waals surface area (Å²) in [5.41, 5.74) is 0.846. The van der Waals surface area contributed by atoms with Gasteiger partial charge in [0.05, 0.1) is 0 Å². The van der Waals surface area contributed by atoms with Crippen molar-refractivity contribution in [1.29, 1.82) is 0 Å². The van der Waals surface area contributed by atoms with Gasteiger partial charge >= 0.3 is 0 Å². The zero-order chi connectivity index (χ0) is 14.9. The summed E-state index contributed by atoms with van der Waals surface area (Å²) in [4.78, 5) is 36.2. The number of Topliss-reactive ketones (excluding diaryl/α,β-unsaturated/α-hetero) is 2. The van der Waals surface area contributed by atoms with Gasteiger partial charge in [0.1, 0.15) is 11.4 Å². The van der Waals surface area contributed by atoms with Gasteiger partial charge in [0.25, 0.3) is 0 Å². The summed E-state index contributed by atoms with van der Waals surface area (Å²) in [6, 6.07) is 6.57. The summed E-state index contributed by atoms with van der Waals surface area (Å²) < 4.78 is 0. The number of ketones is 2. The lowest BCUT2D eigenvalue weighted by molar-refractivity contribution is -0.118. The van der Waals surface area contributed by atoms with Gasteiger partial charge in [-0.3, -0.25) is 14.4 Å². The maximum absolute atomic E-state index is 12.5. The molecule has 2 N–H and O–H groups in total. The van der Waals surface area contributed by atoms with E-state index in [9.17, 15) is 14.4 Å². The van der Waals surface area contributed by atoms with Crippen LogP contribution in [-0.2, 0) is 4.79 Å². The van der Waals surface area contributed by atoms with E-state index in [1.165, 1.54) is 6.92 Å². The molecule has 104 valence electrons. The number of allylic oxidation sites excluding steroid dienone is 2. The second-order valence-corrected chi connectivity index (χ2v) is 4.93. The fourth-order valence-electron chi connectivity index (χ4n) is 2.10. The Labute approximate surface area is 117 Å². The molecule has 0 bridgehead atoms. The lowest BCUT2D eigenvalue weighted by atomic mass is 9.90. The molecule has 0 radical (unpaired) electrons. The lowest BCUT2D eigenvalue weighted by Crippen LogP contribution is -2.39. The molecule has 0 saturated carbocycles. The van der Waals surface area contributed by atoms with Crippen molar-refractivity contribution in [2.24, 2.45) is 0 Å². The molecular weight excluding hydrogens is 256 g/mol. The summed E-state index contributed by atoms with van der Waals surface area (Å²) >= 11 is 0. The highest BCUT2D eigenvalue weighted by molar-refractivity contribution is 6.27. The molecule has 0 heterocycles. The first-order chi connectivity index (χ1) is 9.41. The highest BCUT2D eigenvalue weighted by atomic mass is 16.2. The second-order valence-electron chi connectivity index (χ2n) is 4.93. The molecule has 2 rings (SSSR count). The summed E-state index contributed by atoms with van der Waals surface area (Å²) in [7, 11) is 0. The highest BCUT2D eigenvalue weighted by Crippen LogP contribution is 2.24. The van der Waals surface area contributed by atoms with Crippen molar-refractivity contribution in [3.8, 4) is 0 Å². The van der Waals surface area contributed by atoms with Crippen molar-refractivity contribution >= 4 is 17.5 Å². The maximum Gasteiger partial charge on any atom is 0.221 e. The predicted octanol–water partition coefficient (Wildman–Crippen LogP) is 1.41. The molecule has 0 spiro atoms. The van der Waals surface area contributed by atoms with Crippen molar-refractivity contribution < 1.29 is 14.4 Å². The Bertz CT molecular complexity index is 630. The number of hydrogen-bond acceptors (Lipinski definition) is 4. The van der Waals surface area contributed by atoms with Crippen LogP contribution in [0.25, 0.3) is 0 Å². The van der Waals surface area contributed by atoms with Crippen LogP contribution in [0.4, 0.5) is 0 Å². The normalized spacial score (nSPS) is 14.4. The van der Waals surface area contributed by atoms with E-state index < -0.39 is 0 Å². The minimum Gasteiger partial charge on any atom is -0.378 e. The molecule has 0 aromatic heterocycles. The number of carbonyl (C=O) groups excluding carboxylic acids is 3. The van der Waals surface area contributed by atoms with E-state index in [-0.39, 0.29) is 34.9 Å². The van der Waals surface area contributed by atoms with Crippen molar-refractivity contribution in [2.45, 2.75) is 26.8 Å². The fraction of sp³-hybridized carbons (Fsp3) is 0.267. The van der Waals surface area contributed by atoms with Crippen LogP contribution >= 0.6 is 0 Å². The molecule has 1 amide bonds. The average molecular weight is 272 g/mol. The maximum atomic E-state index is 12.5. The standard InChI is InChI=1S/C15H16N2O3/c1-8(2)16-12-13(17-9(3)18)15(20)11-7-5-4-6-10(11)14(12)19/h4-8,16H,1-3H3,(H,17,18). The van der Waals surface area contributed by atoms with Gasteiger partial charge < -0.3 is 10.6 Å². The first kappa shape index (κ1) is 14.0. The van der Waals surface area contributed by atoms with E-state index in [0.29, 0.717) is 11.1 Å². The van der Waals surface area contributed by atoms with E-state index >= 15 is 0 Å². The second kappa shape index (κ2) is 5.28. The number of rotatable bonds is 3. The van der Waals surface area contributed by atoms with Crippen LogP contribution in [0.2, 0.25) is 0 Å². The number of benzene rings is 1. The molecule has 0 atom stereocenters. The molecule has 1 aromatic rings. The van der Waals surface area contributed by atoms with Crippen LogP contribution < -0.4 is 10.6 Å². The Morgan fingerprint density at radius 2 is 1.50 bits per heavy atom. The zero-order valence-corrected chi connectivity index (χ0v) is 11.6. The number of carbonyl (C=O) groups is 3. The molecule has 20 heavy (non-hydrogen) atoms. The van der Waals surface area contributed by atoms with Gasteiger partial charge in [-0.15, -0.1) is 0 Å². The molecule has 0 aliphatic heterocycles. The number of nitrogens with one attached hydrogen (secondary N) is 2. The smallest absolute Gasteiger partial charge is 0.221 e. The van der Waals surface area contributed by atoms with Gasteiger partial charge in [-0.25, -0.2) is 0 Å². The Morgan fingerprint density at radius 3 is 1.95 bits per heavy atom. The van der Waals surface area contributed by atoms with Crippen LogP contribution in [0.5, 0.6) is 0 Å². The molecule has 5 heteroatoms. The predicted molar refractivity (Wildman–Crippen MR) is 74.2 cm³/mol. The minimum atomic E-state index is -0.386. The van der Waals surface area contributed by atoms with Gasteiger partial charge in [0.15, 0.2) is 0 Å². The van der Waals surface area contributed by atoms with Crippen molar-refractivity contribution in [1.82, 2.24) is 10.6 Å². The summed E-state index contributed by atoms with van der Waals surface area (Å²) in [5, 5.41) is 5.42. The minimum absolute atomic E-state index is 0.0231. The summed E-state index contributed by atoms with van der Waals surface area (Å²) in [6.45, 7) is 5.02. The first-order valence-electron chi connectivity index (χ1n) is 6.38. The number of fused-ring (bicyclic) bond motifs is 1. The van der Waals surface area contributed by atoms with E-state index in [2.05, 4.69) is 10.6 Å². The Morgan fingerprint density at radius 1 is 1.00 bits per heavy atom. The van der Waals surface area contributed by atoms with Gasteiger partial charge in [-0.2, -0.15) is 0 Å². The van der Waals surface area contributed by atoms with E-state index in [1.807, 2.05) is 13.8 Å². The summed E-state index contributed by atoms with van der Waals surface area (Å²) in [5.74, 6) is -1.01. The third-order valence-electron chi connectivity index (χ3n) is 2.85. The Kier molecular flexibility index (Phi) is 3.70. The zero-order valence-electron chi connectivity index (χ0n) is 11.6. The average Bonchev–Trinajstić information content (AvgIpc) is 2.39. The molecule has 1 aliphatic carbocycles. The Hall–Kier alpha value is -2.43. The van der Waals surface area contributed by atoms with Crippen LogP contribution in [0.1, 0.15) is 41.5 Å². The Balaban J connectivity index is 2.58. The van der Waals surface area contributed by atoms with Gasteiger partial charge in [0.2, 0.25) is 17.5 Å². The third-order valence-corrected chi connectivity index (χ3v) is 2.85. The molecular formula is C15H16N2O3. The van der Waals surface area contributed by atoms with Crippen LogP contribution in [-0.4, -0.2) is 23.5 Å². The SMILES string of the molecule is CC(=O)NC1=C(NC(C)C)C(=O)c2ccccc2C1=O. The van der Waals surface area contributed by atoms with E-state index in [0.717, 1.165) is 0 Å². The molecule has 5 nitrogen and oxygen atoms in total. The quantitative estimate of drug-likeness (QED) is 0.872. The van der Waals surface area contributed by atoms with Crippen LogP contribution in [0, 0.1) is 0 Å². The van der Waals surface area contributed by atoms with Crippen molar-refractivity contribution in [3.63, 3.8) is 0 Å². The largest absolute Gasteiger partial charge is 0.378 e. The van der Waals surface area contributed by atoms with E-state index in [4.69, 9.17) is 0 Å². The van der Waals surface area contributed by atoms with Gasteiger partial charge in [-0.05, 0) is 13.8 Å². The number of hydrogen-bond donors (Lipinski definition) is 2.